The average Bonchev–Trinajstić information content (AvgIpc) is 2.57. The van der Waals surface area contributed by atoms with Crippen molar-refractivity contribution < 1.29 is 14.6 Å². The molecule has 5 heteroatoms. The highest BCUT2D eigenvalue weighted by molar-refractivity contribution is 5.73. The molecule has 2 rings (SSSR count). The molecule has 0 bridgehead atoms. The van der Waals surface area contributed by atoms with E-state index in [0.29, 0.717) is 25.9 Å². The Morgan fingerprint density at radius 3 is 2.17 bits per heavy atom. The standard InChI is InChI=1S/C18H22N2O3/c1-23-17-9-5-3-7-15(17)11-13-20-18(22)19-12-10-14-6-2-4-8-16(14)21/h2-9,21H,10-13H2,1H3,(H2,19,20,22). The SMILES string of the molecule is COc1ccccc1CCNC(=O)NCCc1ccccc1O. The largest absolute Gasteiger partial charge is 0.508 e. The summed E-state index contributed by atoms with van der Waals surface area (Å²) in [5, 5.41) is 15.2. The molecule has 23 heavy (non-hydrogen) atoms. The first-order valence-corrected chi connectivity index (χ1v) is 7.61. The van der Waals surface area contributed by atoms with Gasteiger partial charge in [-0.15, -0.1) is 0 Å². The molecule has 122 valence electrons. The lowest BCUT2D eigenvalue weighted by atomic mass is 10.1. The van der Waals surface area contributed by atoms with Crippen molar-refractivity contribution in [3.05, 3.63) is 59.7 Å². The van der Waals surface area contributed by atoms with Gasteiger partial charge in [-0.05, 0) is 36.1 Å². The number of phenolic OH excluding ortho intramolecular Hbond substituents is 1. The van der Waals surface area contributed by atoms with Crippen molar-refractivity contribution in [3.8, 4) is 11.5 Å². The summed E-state index contributed by atoms with van der Waals surface area (Å²) in [4.78, 5) is 11.7. The van der Waals surface area contributed by atoms with E-state index in [2.05, 4.69) is 10.6 Å². The van der Waals surface area contributed by atoms with Crippen molar-refractivity contribution in [1.82, 2.24) is 10.6 Å². The predicted molar refractivity (Wildman–Crippen MR) is 89.9 cm³/mol. The summed E-state index contributed by atoms with van der Waals surface area (Å²) in [7, 11) is 1.64. The molecule has 2 aromatic rings. The van der Waals surface area contributed by atoms with Crippen molar-refractivity contribution in [3.63, 3.8) is 0 Å². The monoisotopic (exact) mass is 314 g/mol. The van der Waals surface area contributed by atoms with Crippen molar-refractivity contribution in [1.29, 1.82) is 0 Å². The Labute approximate surface area is 136 Å². The lowest BCUT2D eigenvalue weighted by molar-refractivity contribution is 0.241. The van der Waals surface area contributed by atoms with Crippen LogP contribution in [0.5, 0.6) is 11.5 Å². The Bertz CT molecular complexity index is 644. The number of para-hydroxylation sites is 2. The van der Waals surface area contributed by atoms with Gasteiger partial charge >= 0.3 is 6.03 Å². The van der Waals surface area contributed by atoms with Crippen LogP contribution >= 0.6 is 0 Å². The Balaban J connectivity index is 1.68. The molecule has 3 N–H and O–H groups in total. The van der Waals surface area contributed by atoms with Crippen LogP contribution in [0.3, 0.4) is 0 Å². The van der Waals surface area contributed by atoms with Gasteiger partial charge in [-0.3, -0.25) is 0 Å². The molecule has 2 amide bonds. The zero-order valence-electron chi connectivity index (χ0n) is 13.2. The molecule has 0 aliphatic heterocycles. The molecule has 0 atom stereocenters. The zero-order valence-corrected chi connectivity index (χ0v) is 13.2. The molecule has 0 fully saturated rings. The van der Waals surface area contributed by atoms with Crippen molar-refractivity contribution >= 4 is 6.03 Å². The molecule has 0 aliphatic rings. The molecule has 0 unspecified atom stereocenters. The predicted octanol–water partition coefficient (Wildman–Crippen LogP) is 2.49. The molecular weight excluding hydrogens is 292 g/mol. The molecule has 0 aromatic heterocycles. The van der Waals surface area contributed by atoms with Crippen LogP contribution in [0, 0.1) is 0 Å². The van der Waals surface area contributed by atoms with E-state index in [1.54, 1.807) is 19.2 Å². The third-order valence-corrected chi connectivity index (χ3v) is 3.54. The second kappa shape index (κ2) is 8.68. The van der Waals surface area contributed by atoms with Gasteiger partial charge in [-0.25, -0.2) is 4.79 Å². The van der Waals surface area contributed by atoms with Gasteiger partial charge in [0, 0.05) is 13.1 Å². The Morgan fingerprint density at radius 2 is 1.52 bits per heavy atom. The number of methoxy groups -OCH3 is 1. The molecule has 0 aliphatic carbocycles. The highest BCUT2D eigenvalue weighted by atomic mass is 16.5. The van der Waals surface area contributed by atoms with Crippen molar-refractivity contribution in [2.75, 3.05) is 20.2 Å². The summed E-state index contributed by atoms with van der Waals surface area (Å²) < 4.78 is 5.28. The minimum absolute atomic E-state index is 0.213. The van der Waals surface area contributed by atoms with E-state index in [1.807, 2.05) is 36.4 Å². The van der Waals surface area contributed by atoms with Crippen LogP contribution < -0.4 is 15.4 Å². The van der Waals surface area contributed by atoms with E-state index in [9.17, 15) is 9.90 Å². The van der Waals surface area contributed by atoms with Gasteiger partial charge in [-0.1, -0.05) is 36.4 Å². The number of ether oxygens (including phenoxy) is 1. The second-order valence-corrected chi connectivity index (χ2v) is 5.12. The van der Waals surface area contributed by atoms with Crippen molar-refractivity contribution in [2.24, 2.45) is 0 Å². The summed E-state index contributed by atoms with van der Waals surface area (Å²) in [6.45, 7) is 1.00. The van der Waals surface area contributed by atoms with Gasteiger partial charge in [0.25, 0.3) is 0 Å². The first-order chi connectivity index (χ1) is 11.2. The zero-order chi connectivity index (χ0) is 16.5. The summed E-state index contributed by atoms with van der Waals surface area (Å²) in [6.07, 6.45) is 1.30. The fraction of sp³-hybridized carbons (Fsp3) is 0.278. The minimum Gasteiger partial charge on any atom is -0.508 e. The van der Waals surface area contributed by atoms with Gasteiger partial charge in [0.15, 0.2) is 0 Å². The molecule has 0 spiro atoms. The van der Waals surface area contributed by atoms with Crippen LogP contribution in [-0.4, -0.2) is 31.3 Å². The van der Waals surface area contributed by atoms with Crippen LogP contribution in [-0.2, 0) is 12.8 Å². The molecule has 5 nitrogen and oxygen atoms in total. The van der Waals surface area contributed by atoms with Gasteiger partial charge in [0.05, 0.1) is 7.11 Å². The molecule has 0 saturated heterocycles. The number of urea groups is 1. The smallest absolute Gasteiger partial charge is 0.314 e. The molecule has 0 saturated carbocycles. The van der Waals surface area contributed by atoms with Crippen LogP contribution in [0.1, 0.15) is 11.1 Å². The maximum absolute atomic E-state index is 11.7. The van der Waals surface area contributed by atoms with Crippen LogP contribution in [0.2, 0.25) is 0 Å². The molecule has 0 radical (unpaired) electrons. The Hall–Kier alpha value is -2.69. The summed E-state index contributed by atoms with van der Waals surface area (Å²) >= 11 is 0. The van der Waals surface area contributed by atoms with Crippen LogP contribution in [0.25, 0.3) is 0 Å². The number of carbonyl (C=O) groups is 1. The number of phenols is 1. The van der Waals surface area contributed by atoms with E-state index in [4.69, 9.17) is 4.74 Å². The number of carbonyl (C=O) groups excluding carboxylic acids is 1. The van der Waals surface area contributed by atoms with Crippen LogP contribution in [0.15, 0.2) is 48.5 Å². The molecular formula is C18H22N2O3. The van der Waals surface area contributed by atoms with E-state index >= 15 is 0 Å². The van der Waals surface area contributed by atoms with E-state index < -0.39 is 0 Å². The van der Waals surface area contributed by atoms with Gasteiger partial charge < -0.3 is 20.5 Å². The number of hydrogen-bond acceptors (Lipinski definition) is 3. The Kier molecular flexibility index (Phi) is 6.29. The van der Waals surface area contributed by atoms with E-state index in [1.165, 1.54) is 0 Å². The number of benzene rings is 2. The quantitative estimate of drug-likeness (QED) is 0.735. The second-order valence-electron chi connectivity index (χ2n) is 5.12. The normalized spacial score (nSPS) is 10.1. The Morgan fingerprint density at radius 1 is 0.957 bits per heavy atom. The van der Waals surface area contributed by atoms with Gasteiger partial charge in [-0.2, -0.15) is 0 Å². The minimum atomic E-state index is -0.213. The van der Waals surface area contributed by atoms with Gasteiger partial charge in [0.1, 0.15) is 11.5 Å². The average molecular weight is 314 g/mol. The number of hydrogen-bond donors (Lipinski definition) is 3. The lowest BCUT2D eigenvalue weighted by Gasteiger charge is -2.10. The third kappa shape index (κ3) is 5.21. The fourth-order valence-electron chi connectivity index (χ4n) is 2.32. The molecule has 0 heterocycles. The maximum atomic E-state index is 11.7. The highest BCUT2D eigenvalue weighted by Crippen LogP contribution is 2.17. The van der Waals surface area contributed by atoms with Crippen molar-refractivity contribution in [2.45, 2.75) is 12.8 Å². The molecule has 2 aromatic carbocycles. The van der Waals surface area contributed by atoms with Gasteiger partial charge in [0.2, 0.25) is 0 Å². The lowest BCUT2D eigenvalue weighted by Crippen LogP contribution is -2.37. The highest BCUT2D eigenvalue weighted by Gasteiger charge is 2.04. The number of nitrogens with one attached hydrogen (secondary N) is 2. The van der Waals surface area contributed by atoms with Crippen LogP contribution in [0.4, 0.5) is 4.79 Å². The first kappa shape index (κ1) is 16.7. The van der Waals surface area contributed by atoms with E-state index in [0.717, 1.165) is 16.9 Å². The number of amides is 2. The third-order valence-electron chi connectivity index (χ3n) is 3.54. The number of aromatic hydroxyl groups is 1. The van der Waals surface area contributed by atoms with E-state index in [-0.39, 0.29) is 11.8 Å². The maximum Gasteiger partial charge on any atom is 0.314 e. The summed E-state index contributed by atoms with van der Waals surface area (Å²) in [5.74, 6) is 1.08. The fourth-order valence-corrected chi connectivity index (χ4v) is 2.32. The number of rotatable bonds is 7. The summed E-state index contributed by atoms with van der Waals surface area (Å²) in [6, 6.07) is 14.7. The summed E-state index contributed by atoms with van der Waals surface area (Å²) in [5.41, 5.74) is 1.88. The topological polar surface area (TPSA) is 70.6 Å². The first-order valence-electron chi connectivity index (χ1n) is 7.61.